The molecule has 28 heavy (non-hydrogen) atoms. The number of fused-ring (bicyclic) bond motifs is 1. The molecule has 146 valence electrons. The van der Waals surface area contributed by atoms with Gasteiger partial charge in [0.1, 0.15) is 11.6 Å². The van der Waals surface area contributed by atoms with Crippen molar-refractivity contribution in [2.75, 3.05) is 38.2 Å². The van der Waals surface area contributed by atoms with E-state index in [-0.39, 0.29) is 5.91 Å². The number of anilines is 1. The minimum Gasteiger partial charge on any atom is -0.497 e. The van der Waals surface area contributed by atoms with Crippen molar-refractivity contribution >= 4 is 22.6 Å². The highest BCUT2D eigenvalue weighted by Gasteiger charge is 2.21. The Morgan fingerprint density at radius 2 is 1.96 bits per heavy atom. The second kappa shape index (κ2) is 7.92. The Labute approximate surface area is 165 Å². The molecule has 0 spiro atoms. The molecule has 0 radical (unpaired) electrons. The van der Waals surface area contributed by atoms with Gasteiger partial charge in [-0.25, -0.2) is 4.98 Å². The molecule has 0 aliphatic carbocycles. The van der Waals surface area contributed by atoms with Crippen LogP contribution >= 0.6 is 0 Å². The number of amides is 1. The average Bonchev–Trinajstić information content (AvgIpc) is 3.11. The summed E-state index contributed by atoms with van der Waals surface area (Å²) >= 11 is 0. The molecular formula is C22H26N4O2. The summed E-state index contributed by atoms with van der Waals surface area (Å²) in [5, 5.41) is 0. The molecule has 0 unspecified atom stereocenters. The smallest absolute Gasteiger partial charge is 0.223 e. The van der Waals surface area contributed by atoms with E-state index in [1.165, 1.54) is 5.69 Å². The fourth-order valence-electron chi connectivity index (χ4n) is 3.77. The summed E-state index contributed by atoms with van der Waals surface area (Å²) in [5.41, 5.74) is 4.37. The molecule has 4 rings (SSSR count). The Kier molecular flexibility index (Phi) is 5.19. The van der Waals surface area contributed by atoms with Crippen molar-refractivity contribution in [1.82, 2.24) is 14.9 Å². The van der Waals surface area contributed by atoms with Gasteiger partial charge in [0.15, 0.2) is 0 Å². The summed E-state index contributed by atoms with van der Waals surface area (Å²) < 4.78 is 5.25. The molecule has 2 heterocycles. The van der Waals surface area contributed by atoms with Gasteiger partial charge in [-0.2, -0.15) is 0 Å². The minimum atomic E-state index is 0.224. The van der Waals surface area contributed by atoms with Crippen LogP contribution in [0.25, 0.3) is 11.0 Å². The molecule has 0 saturated carbocycles. The van der Waals surface area contributed by atoms with E-state index < -0.39 is 0 Å². The number of benzene rings is 2. The molecule has 1 aliphatic rings. The van der Waals surface area contributed by atoms with Gasteiger partial charge in [-0.1, -0.05) is 12.1 Å². The van der Waals surface area contributed by atoms with Crippen LogP contribution in [0.15, 0.2) is 42.5 Å². The fourth-order valence-corrected chi connectivity index (χ4v) is 3.77. The second-order valence-corrected chi connectivity index (χ2v) is 7.24. The van der Waals surface area contributed by atoms with Crippen LogP contribution in [0.2, 0.25) is 0 Å². The molecule has 1 amide bonds. The van der Waals surface area contributed by atoms with Crippen LogP contribution in [0.3, 0.4) is 0 Å². The highest BCUT2D eigenvalue weighted by Crippen LogP contribution is 2.22. The predicted molar refractivity (Wildman–Crippen MR) is 111 cm³/mol. The van der Waals surface area contributed by atoms with E-state index in [1.807, 2.05) is 36.1 Å². The zero-order valence-corrected chi connectivity index (χ0v) is 16.4. The third-order valence-corrected chi connectivity index (χ3v) is 5.34. The molecule has 3 aromatic rings. The van der Waals surface area contributed by atoms with Crippen molar-refractivity contribution in [3.63, 3.8) is 0 Å². The van der Waals surface area contributed by atoms with E-state index in [9.17, 15) is 4.79 Å². The molecule has 6 heteroatoms. The van der Waals surface area contributed by atoms with E-state index in [4.69, 9.17) is 4.74 Å². The van der Waals surface area contributed by atoms with Crippen molar-refractivity contribution in [2.24, 2.45) is 0 Å². The van der Waals surface area contributed by atoms with Crippen molar-refractivity contribution in [3.8, 4) is 5.75 Å². The van der Waals surface area contributed by atoms with Crippen LogP contribution in [0.1, 0.15) is 17.8 Å². The summed E-state index contributed by atoms with van der Waals surface area (Å²) in [4.78, 5) is 24.7. The molecular weight excluding hydrogens is 352 g/mol. The number of methoxy groups -OCH3 is 1. The number of rotatable bonds is 5. The number of hydrogen-bond donors (Lipinski definition) is 1. The van der Waals surface area contributed by atoms with Crippen molar-refractivity contribution in [3.05, 3.63) is 53.9 Å². The van der Waals surface area contributed by atoms with Crippen LogP contribution in [0.5, 0.6) is 5.75 Å². The molecule has 6 nitrogen and oxygen atoms in total. The molecule has 2 aromatic carbocycles. The lowest BCUT2D eigenvalue weighted by Crippen LogP contribution is -2.48. The lowest BCUT2D eigenvalue weighted by atomic mass is 10.1. The fraction of sp³-hybridized carbons (Fsp3) is 0.364. The average molecular weight is 378 g/mol. The first-order valence-corrected chi connectivity index (χ1v) is 9.74. The molecule has 1 fully saturated rings. The lowest BCUT2D eigenvalue weighted by molar-refractivity contribution is -0.131. The van der Waals surface area contributed by atoms with Crippen LogP contribution < -0.4 is 9.64 Å². The number of ether oxygens (including phenoxy) is 1. The van der Waals surface area contributed by atoms with Crippen molar-refractivity contribution in [2.45, 2.75) is 19.8 Å². The Morgan fingerprint density at radius 1 is 1.14 bits per heavy atom. The van der Waals surface area contributed by atoms with Crippen LogP contribution in [0, 0.1) is 6.92 Å². The quantitative estimate of drug-likeness (QED) is 0.741. The number of nitrogens with one attached hydrogen (secondary N) is 1. The number of carbonyl (C=O) groups is 1. The monoisotopic (exact) mass is 378 g/mol. The van der Waals surface area contributed by atoms with E-state index in [2.05, 4.69) is 33.1 Å². The number of nitrogens with zero attached hydrogens (tertiary/aromatic N) is 3. The topological polar surface area (TPSA) is 61.5 Å². The largest absolute Gasteiger partial charge is 0.497 e. The summed E-state index contributed by atoms with van der Waals surface area (Å²) in [6, 6.07) is 14.2. The number of aryl methyl sites for hydroxylation is 2. The van der Waals surface area contributed by atoms with Gasteiger partial charge < -0.3 is 19.5 Å². The third kappa shape index (κ3) is 3.96. The van der Waals surface area contributed by atoms with Gasteiger partial charge in [0.25, 0.3) is 0 Å². The molecule has 1 saturated heterocycles. The summed E-state index contributed by atoms with van der Waals surface area (Å²) in [6.45, 7) is 5.19. The van der Waals surface area contributed by atoms with Gasteiger partial charge in [-0.15, -0.1) is 0 Å². The maximum absolute atomic E-state index is 12.6. The van der Waals surface area contributed by atoms with Crippen molar-refractivity contribution < 1.29 is 9.53 Å². The van der Waals surface area contributed by atoms with E-state index in [1.54, 1.807) is 7.11 Å². The molecule has 1 aromatic heterocycles. The number of carbonyl (C=O) groups excluding carboxylic acids is 1. The zero-order chi connectivity index (χ0) is 19.5. The summed E-state index contributed by atoms with van der Waals surface area (Å²) in [5.74, 6) is 1.99. The Morgan fingerprint density at radius 3 is 2.75 bits per heavy atom. The SMILES string of the molecule is COc1cccc(CCC(=O)N2CCN(c3ccc4nc(C)[nH]c4c3)CC2)c1. The second-order valence-electron chi connectivity index (χ2n) is 7.24. The first-order chi connectivity index (χ1) is 13.6. The van der Waals surface area contributed by atoms with Crippen LogP contribution in [-0.2, 0) is 11.2 Å². The van der Waals surface area contributed by atoms with Gasteiger partial charge in [-0.05, 0) is 49.2 Å². The number of hydrogen-bond acceptors (Lipinski definition) is 4. The maximum Gasteiger partial charge on any atom is 0.223 e. The normalized spacial score (nSPS) is 14.5. The Bertz CT molecular complexity index is 974. The minimum absolute atomic E-state index is 0.224. The first kappa shape index (κ1) is 18.3. The highest BCUT2D eigenvalue weighted by atomic mass is 16.5. The number of aromatic amines is 1. The van der Waals surface area contributed by atoms with Gasteiger partial charge in [0, 0.05) is 38.3 Å². The van der Waals surface area contributed by atoms with Gasteiger partial charge in [0.05, 0.1) is 18.1 Å². The molecule has 0 atom stereocenters. The standard InChI is InChI=1S/C22H26N4O2/c1-16-23-20-8-7-18(15-21(20)24-16)25-10-12-26(13-11-25)22(27)9-6-17-4-3-5-19(14-17)28-2/h3-5,7-8,14-15H,6,9-13H2,1-2H3,(H,23,24). The van der Waals surface area contributed by atoms with E-state index >= 15 is 0 Å². The summed E-state index contributed by atoms with van der Waals surface area (Å²) in [6.07, 6.45) is 1.28. The Balaban J connectivity index is 1.31. The molecule has 0 bridgehead atoms. The maximum atomic E-state index is 12.6. The predicted octanol–water partition coefficient (Wildman–Crippen LogP) is 3.16. The number of H-pyrrole nitrogens is 1. The lowest BCUT2D eigenvalue weighted by Gasteiger charge is -2.36. The first-order valence-electron chi connectivity index (χ1n) is 9.74. The van der Waals surface area contributed by atoms with Gasteiger partial charge in [-0.3, -0.25) is 4.79 Å². The van der Waals surface area contributed by atoms with E-state index in [0.29, 0.717) is 6.42 Å². The summed E-state index contributed by atoms with van der Waals surface area (Å²) in [7, 11) is 1.66. The van der Waals surface area contributed by atoms with Gasteiger partial charge >= 0.3 is 0 Å². The number of aromatic nitrogens is 2. The van der Waals surface area contributed by atoms with Crippen LogP contribution in [0.4, 0.5) is 5.69 Å². The molecule has 1 aliphatic heterocycles. The van der Waals surface area contributed by atoms with Crippen molar-refractivity contribution in [1.29, 1.82) is 0 Å². The zero-order valence-electron chi connectivity index (χ0n) is 16.4. The number of piperazine rings is 1. The van der Waals surface area contributed by atoms with E-state index in [0.717, 1.165) is 60.8 Å². The van der Waals surface area contributed by atoms with Gasteiger partial charge in [0.2, 0.25) is 5.91 Å². The highest BCUT2D eigenvalue weighted by molar-refractivity contribution is 5.80. The number of imidazole rings is 1. The Hall–Kier alpha value is -3.02. The third-order valence-electron chi connectivity index (χ3n) is 5.34. The van der Waals surface area contributed by atoms with Crippen LogP contribution in [-0.4, -0.2) is 54.1 Å². The molecule has 1 N–H and O–H groups in total.